The van der Waals surface area contributed by atoms with Gasteiger partial charge in [-0.05, 0) is 46.5 Å². The molecule has 0 saturated heterocycles. The summed E-state index contributed by atoms with van der Waals surface area (Å²) in [6.07, 6.45) is 4.61. The number of hydrogen-bond acceptors (Lipinski definition) is 4. The highest BCUT2D eigenvalue weighted by atomic mass is 16.5. The molecule has 112 valence electrons. The van der Waals surface area contributed by atoms with Gasteiger partial charge in [0.1, 0.15) is 5.76 Å². The Labute approximate surface area is 120 Å². The van der Waals surface area contributed by atoms with Crippen molar-refractivity contribution in [2.75, 3.05) is 0 Å². The van der Waals surface area contributed by atoms with Crippen LogP contribution >= 0.6 is 0 Å². The number of carbonyl (C=O) groups is 1. The molecule has 20 heavy (non-hydrogen) atoms. The predicted octanol–water partition coefficient (Wildman–Crippen LogP) is 1.86. The number of hydrogen-bond donors (Lipinski definition) is 2. The van der Waals surface area contributed by atoms with Crippen LogP contribution < -0.4 is 11.1 Å². The minimum atomic E-state index is 0.0749. The first-order chi connectivity index (χ1) is 9.47. The highest BCUT2D eigenvalue weighted by Gasteiger charge is 2.26. The number of rotatable bonds is 4. The number of aromatic nitrogens is 1. The maximum atomic E-state index is 12.2. The van der Waals surface area contributed by atoms with E-state index in [1.165, 1.54) is 0 Å². The Kier molecular flexibility index (Phi) is 4.81. The molecule has 1 saturated carbocycles. The second-order valence-corrected chi connectivity index (χ2v) is 6.04. The van der Waals surface area contributed by atoms with Gasteiger partial charge >= 0.3 is 0 Å². The summed E-state index contributed by atoms with van der Waals surface area (Å²) in [4.78, 5) is 12.2. The Balaban J connectivity index is 1.88. The van der Waals surface area contributed by atoms with Crippen molar-refractivity contribution in [3.8, 4) is 0 Å². The van der Waals surface area contributed by atoms with Crippen LogP contribution in [0.3, 0.4) is 0 Å². The molecule has 1 aliphatic carbocycles. The van der Waals surface area contributed by atoms with E-state index in [1.54, 1.807) is 0 Å². The van der Waals surface area contributed by atoms with E-state index in [0.29, 0.717) is 0 Å². The molecule has 1 heterocycles. The lowest BCUT2D eigenvalue weighted by molar-refractivity contribution is -0.126. The van der Waals surface area contributed by atoms with E-state index in [-0.39, 0.29) is 23.9 Å². The average molecular weight is 279 g/mol. The van der Waals surface area contributed by atoms with Crippen molar-refractivity contribution in [1.82, 2.24) is 10.5 Å². The first-order valence-electron chi connectivity index (χ1n) is 7.45. The van der Waals surface area contributed by atoms with E-state index < -0.39 is 0 Å². The lowest BCUT2D eigenvalue weighted by atomic mass is 9.85. The molecule has 5 heteroatoms. The van der Waals surface area contributed by atoms with Crippen molar-refractivity contribution in [2.24, 2.45) is 11.7 Å². The van der Waals surface area contributed by atoms with Gasteiger partial charge in [0, 0.05) is 23.6 Å². The third kappa shape index (κ3) is 3.60. The maximum Gasteiger partial charge on any atom is 0.223 e. The standard InChI is InChI=1S/C15H25N3O2/c1-9(7-14-10(2)18-20-11(14)3)17-15(19)12-5-4-6-13(16)8-12/h9,12-13H,4-8,16H2,1-3H3,(H,17,19). The molecule has 3 N–H and O–H groups in total. The highest BCUT2D eigenvalue weighted by Crippen LogP contribution is 2.23. The van der Waals surface area contributed by atoms with Crippen LogP contribution in [0.15, 0.2) is 4.52 Å². The second kappa shape index (κ2) is 6.39. The van der Waals surface area contributed by atoms with Gasteiger partial charge in [-0.2, -0.15) is 0 Å². The van der Waals surface area contributed by atoms with Gasteiger partial charge in [0.05, 0.1) is 5.69 Å². The van der Waals surface area contributed by atoms with Crippen LogP contribution in [0.25, 0.3) is 0 Å². The summed E-state index contributed by atoms with van der Waals surface area (Å²) in [6.45, 7) is 5.86. The van der Waals surface area contributed by atoms with E-state index in [4.69, 9.17) is 10.3 Å². The second-order valence-electron chi connectivity index (χ2n) is 6.04. The molecule has 1 fully saturated rings. The van der Waals surface area contributed by atoms with Crippen molar-refractivity contribution in [2.45, 2.75) is 65.0 Å². The summed E-state index contributed by atoms with van der Waals surface area (Å²) in [5.74, 6) is 1.05. The molecule has 0 aromatic carbocycles. The van der Waals surface area contributed by atoms with Crippen LogP contribution in [0, 0.1) is 19.8 Å². The largest absolute Gasteiger partial charge is 0.361 e. The first kappa shape index (κ1) is 15.0. The van der Waals surface area contributed by atoms with Crippen molar-refractivity contribution in [3.05, 3.63) is 17.0 Å². The van der Waals surface area contributed by atoms with Gasteiger partial charge in [0.2, 0.25) is 5.91 Å². The Morgan fingerprint density at radius 2 is 2.25 bits per heavy atom. The molecule has 1 aromatic heterocycles. The number of carbonyl (C=O) groups excluding carboxylic acids is 1. The minimum Gasteiger partial charge on any atom is -0.361 e. The monoisotopic (exact) mass is 279 g/mol. The minimum absolute atomic E-state index is 0.0749. The number of amides is 1. The summed E-state index contributed by atoms with van der Waals surface area (Å²) in [5.41, 5.74) is 7.94. The fourth-order valence-electron chi connectivity index (χ4n) is 2.98. The zero-order chi connectivity index (χ0) is 14.7. The van der Waals surface area contributed by atoms with Crippen LogP contribution in [0.1, 0.15) is 49.6 Å². The summed E-state index contributed by atoms with van der Waals surface area (Å²) in [6, 6.07) is 0.259. The van der Waals surface area contributed by atoms with Gasteiger partial charge in [-0.15, -0.1) is 0 Å². The summed E-state index contributed by atoms with van der Waals surface area (Å²) >= 11 is 0. The van der Waals surface area contributed by atoms with E-state index in [9.17, 15) is 4.79 Å². The molecule has 0 radical (unpaired) electrons. The molecule has 3 unspecified atom stereocenters. The number of nitrogens with two attached hydrogens (primary N) is 1. The van der Waals surface area contributed by atoms with Crippen LogP contribution in [0.4, 0.5) is 0 Å². The lowest BCUT2D eigenvalue weighted by Gasteiger charge is -2.27. The van der Waals surface area contributed by atoms with Crippen molar-refractivity contribution in [1.29, 1.82) is 0 Å². The number of aryl methyl sites for hydroxylation is 2. The van der Waals surface area contributed by atoms with Crippen LogP contribution in [0.5, 0.6) is 0 Å². The summed E-state index contributed by atoms with van der Waals surface area (Å²) in [7, 11) is 0. The normalized spacial score (nSPS) is 24.4. The van der Waals surface area contributed by atoms with Crippen molar-refractivity contribution >= 4 is 5.91 Å². The van der Waals surface area contributed by atoms with E-state index in [1.807, 2.05) is 20.8 Å². The predicted molar refractivity (Wildman–Crippen MR) is 77.2 cm³/mol. The van der Waals surface area contributed by atoms with Gasteiger partial charge in [0.15, 0.2) is 0 Å². The maximum absolute atomic E-state index is 12.2. The molecule has 5 nitrogen and oxygen atoms in total. The molecule has 1 aliphatic rings. The SMILES string of the molecule is Cc1noc(C)c1CC(C)NC(=O)C1CCCC(N)C1. The number of nitrogens with zero attached hydrogens (tertiary/aromatic N) is 1. The highest BCUT2D eigenvalue weighted by molar-refractivity contribution is 5.79. The topological polar surface area (TPSA) is 81.2 Å². The summed E-state index contributed by atoms with van der Waals surface area (Å²) < 4.78 is 5.15. The van der Waals surface area contributed by atoms with Crippen LogP contribution in [-0.2, 0) is 11.2 Å². The van der Waals surface area contributed by atoms with Crippen molar-refractivity contribution in [3.63, 3.8) is 0 Å². The van der Waals surface area contributed by atoms with Gasteiger partial charge in [-0.25, -0.2) is 0 Å². The Hall–Kier alpha value is -1.36. The van der Waals surface area contributed by atoms with Gasteiger partial charge in [-0.1, -0.05) is 11.6 Å². The van der Waals surface area contributed by atoms with Crippen molar-refractivity contribution < 1.29 is 9.32 Å². The molecule has 1 amide bonds. The third-order valence-corrected chi connectivity index (χ3v) is 4.17. The fourth-order valence-corrected chi connectivity index (χ4v) is 2.98. The average Bonchev–Trinajstić information content (AvgIpc) is 2.70. The molecule has 3 atom stereocenters. The molecule has 1 aromatic rings. The van der Waals surface area contributed by atoms with Gasteiger partial charge in [0.25, 0.3) is 0 Å². The molecule has 0 spiro atoms. The molecule has 0 aliphatic heterocycles. The Bertz CT molecular complexity index is 450. The molecular weight excluding hydrogens is 254 g/mol. The quantitative estimate of drug-likeness (QED) is 0.881. The smallest absolute Gasteiger partial charge is 0.223 e. The zero-order valence-corrected chi connectivity index (χ0v) is 12.6. The Morgan fingerprint density at radius 1 is 1.50 bits per heavy atom. The molecule has 2 rings (SSSR count). The third-order valence-electron chi connectivity index (χ3n) is 4.17. The summed E-state index contributed by atoms with van der Waals surface area (Å²) in [5, 5.41) is 7.04. The van der Waals surface area contributed by atoms with Crippen LogP contribution in [0.2, 0.25) is 0 Å². The molecule has 0 bridgehead atoms. The molecular formula is C15H25N3O2. The van der Waals surface area contributed by atoms with E-state index in [0.717, 1.165) is 49.1 Å². The Morgan fingerprint density at radius 3 is 2.85 bits per heavy atom. The van der Waals surface area contributed by atoms with Gasteiger partial charge < -0.3 is 15.6 Å². The van der Waals surface area contributed by atoms with Gasteiger partial charge in [-0.3, -0.25) is 4.79 Å². The zero-order valence-electron chi connectivity index (χ0n) is 12.6. The van der Waals surface area contributed by atoms with Crippen LogP contribution in [-0.4, -0.2) is 23.1 Å². The lowest BCUT2D eigenvalue weighted by Crippen LogP contribution is -2.42. The number of nitrogens with one attached hydrogen (secondary N) is 1. The first-order valence-corrected chi connectivity index (χ1v) is 7.45. The van der Waals surface area contributed by atoms with E-state index >= 15 is 0 Å². The fraction of sp³-hybridized carbons (Fsp3) is 0.733. The van der Waals surface area contributed by atoms with E-state index in [2.05, 4.69) is 10.5 Å².